The van der Waals surface area contributed by atoms with Crippen molar-refractivity contribution in [2.45, 2.75) is 6.42 Å². The van der Waals surface area contributed by atoms with Gasteiger partial charge in [0.2, 0.25) is 0 Å². The Bertz CT molecular complexity index is 305. The molecule has 0 fully saturated rings. The third kappa shape index (κ3) is 2.10. The molecule has 0 amide bonds. The Balaban J connectivity index is 2.15. The summed E-state index contributed by atoms with van der Waals surface area (Å²) in [7, 11) is 0. The third-order valence-electron chi connectivity index (χ3n) is 2.09. The van der Waals surface area contributed by atoms with Crippen LogP contribution in [0.1, 0.15) is 6.42 Å². The van der Waals surface area contributed by atoms with Crippen LogP contribution < -0.4 is 4.90 Å². The lowest BCUT2D eigenvalue weighted by atomic mass is 10.2. The van der Waals surface area contributed by atoms with Crippen molar-refractivity contribution in [3.05, 3.63) is 35.0 Å². The summed E-state index contributed by atoms with van der Waals surface area (Å²) < 4.78 is 1.03. The smallest absolute Gasteiger partial charge is 0.128 e. The van der Waals surface area contributed by atoms with Gasteiger partial charge in [-0.1, -0.05) is 12.2 Å². The Morgan fingerprint density at radius 1 is 1.31 bits per heavy atom. The zero-order chi connectivity index (χ0) is 9.10. The first-order valence-electron chi connectivity index (χ1n) is 4.38. The van der Waals surface area contributed by atoms with E-state index in [0.29, 0.717) is 0 Å². The van der Waals surface area contributed by atoms with Gasteiger partial charge in [-0.3, -0.25) is 0 Å². The molecule has 3 heteroatoms. The molecule has 1 aliphatic rings. The van der Waals surface area contributed by atoms with Crippen LogP contribution in [0.2, 0.25) is 0 Å². The molecule has 0 spiro atoms. The summed E-state index contributed by atoms with van der Waals surface area (Å²) in [5.74, 6) is 1.06. The molecule has 68 valence electrons. The number of rotatable bonds is 1. The summed E-state index contributed by atoms with van der Waals surface area (Å²) in [5.41, 5.74) is 0. The Labute approximate surface area is 86.4 Å². The van der Waals surface area contributed by atoms with Crippen LogP contribution in [-0.4, -0.2) is 18.1 Å². The lowest BCUT2D eigenvalue weighted by Gasteiger charge is -2.24. The van der Waals surface area contributed by atoms with E-state index in [4.69, 9.17) is 0 Å². The fraction of sp³-hybridized carbons (Fsp3) is 0.300. The Morgan fingerprint density at radius 2 is 2.23 bits per heavy atom. The van der Waals surface area contributed by atoms with Crippen molar-refractivity contribution in [1.82, 2.24) is 4.98 Å². The minimum atomic E-state index is 0.981. The van der Waals surface area contributed by atoms with E-state index in [1.54, 1.807) is 0 Å². The van der Waals surface area contributed by atoms with Crippen LogP contribution in [0.25, 0.3) is 0 Å². The molecule has 1 aliphatic heterocycles. The molecule has 1 aromatic heterocycles. The van der Waals surface area contributed by atoms with E-state index in [1.165, 1.54) is 0 Å². The van der Waals surface area contributed by atoms with Gasteiger partial charge >= 0.3 is 0 Å². The number of aromatic nitrogens is 1. The van der Waals surface area contributed by atoms with Crippen LogP contribution >= 0.6 is 15.9 Å². The average Bonchev–Trinajstić information content (AvgIpc) is 2.20. The molecule has 0 saturated heterocycles. The Morgan fingerprint density at radius 3 is 2.85 bits per heavy atom. The summed E-state index contributed by atoms with van der Waals surface area (Å²) in [5, 5.41) is 0. The van der Waals surface area contributed by atoms with Gasteiger partial charge in [0.25, 0.3) is 0 Å². The monoisotopic (exact) mass is 238 g/mol. The topological polar surface area (TPSA) is 16.1 Å². The van der Waals surface area contributed by atoms with Gasteiger partial charge in [0.15, 0.2) is 0 Å². The number of pyridine rings is 1. The molecule has 0 aromatic carbocycles. The van der Waals surface area contributed by atoms with Gasteiger partial charge < -0.3 is 4.90 Å². The van der Waals surface area contributed by atoms with Crippen LogP contribution in [0.3, 0.4) is 0 Å². The molecule has 1 aromatic rings. The lowest BCUT2D eigenvalue weighted by molar-refractivity contribution is 0.805. The molecular formula is C10H11BrN2. The van der Waals surface area contributed by atoms with E-state index >= 15 is 0 Å². The largest absolute Gasteiger partial charge is 0.353 e. The first kappa shape index (κ1) is 8.75. The molecule has 2 nitrogen and oxygen atoms in total. The van der Waals surface area contributed by atoms with Gasteiger partial charge in [-0.15, -0.1) is 0 Å². The lowest BCUT2D eigenvalue weighted by Crippen LogP contribution is -2.27. The van der Waals surface area contributed by atoms with E-state index in [2.05, 4.69) is 38.0 Å². The second kappa shape index (κ2) is 3.92. The molecular weight excluding hydrogens is 228 g/mol. The van der Waals surface area contributed by atoms with Crippen LogP contribution in [0.15, 0.2) is 35.0 Å². The van der Waals surface area contributed by atoms with Crippen molar-refractivity contribution < 1.29 is 0 Å². The number of hydrogen-bond donors (Lipinski definition) is 0. The van der Waals surface area contributed by atoms with Crippen molar-refractivity contribution >= 4 is 21.7 Å². The summed E-state index contributed by atoms with van der Waals surface area (Å²) >= 11 is 3.37. The minimum Gasteiger partial charge on any atom is -0.353 e. The Hall–Kier alpha value is -0.830. The van der Waals surface area contributed by atoms with Crippen molar-refractivity contribution in [2.75, 3.05) is 18.0 Å². The highest BCUT2D eigenvalue weighted by molar-refractivity contribution is 9.10. The van der Waals surface area contributed by atoms with Crippen molar-refractivity contribution in [3.63, 3.8) is 0 Å². The van der Waals surface area contributed by atoms with Gasteiger partial charge in [0.05, 0.1) is 0 Å². The van der Waals surface area contributed by atoms with Gasteiger partial charge in [0.1, 0.15) is 5.82 Å². The maximum Gasteiger partial charge on any atom is 0.128 e. The SMILES string of the molecule is Brc1ccc(N2CC=CCC2)nc1. The van der Waals surface area contributed by atoms with Crippen LogP contribution in [-0.2, 0) is 0 Å². The van der Waals surface area contributed by atoms with Crippen molar-refractivity contribution in [2.24, 2.45) is 0 Å². The zero-order valence-electron chi connectivity index (χ0n) is 7.28. The average molecular weight is 239 g/mol. The van der Waals surface area contributed by atoms with Gasteiger partial charge in [0, 0.05) is 23.8 Å². The molecule has 0 saturated carbocycles. The van der Waals surface area contributed by atoms with E-state index in [-0.39, 0.29) is 0 Å². The summed E-state index contributed by atoms with van der Waals surface area (Å²) in [4.78, 5) is 6.62. The van der Waals surface area contributed by atoms with E-state index < -0.39 is 0 Å². The van der Waals surface area contributed by atoms with E-state index in [0.717, 1.165) is 29.8 Å². The number of nitrogens with zero attached hydrogens (tertiary/aromatic N) is 2. The molecule has 0 bridgehead atoms. The van der Waals surface area contributed by atoms with Crippen LogP contribution in [0, 0.1) is 0 Å². The van der Waals surface area contributed by atoms with E-state index in [9.17, 15) is 0 Å². The first-order chi connectivity index (χ1) is 6.36. The van der Waals surface area contributed by atoms with Crippen LogP contribution in [0.4, 0.5) is 5.82 Å². The van der Waals surface area contributed by atoms with Crippen molar-refractivity contribution in [3.8, 4) is 0 Å². The number of halogens is 1. The highest BCUT2D eigenvalue weighted by Gasteiger charge is 2.07. The second-order valence-corrected chi connectivity index (χ2v) is 3.96. The second-order valence-electron chi connectivity index (χ2n) is 3.04. The molecule has 0 unspecified atom stereocenters. The highest BCUT2D eigenvalue weighted by Crippen LogP contribution is 2.16. The normalized spacial score (nSPS) is 16.2. The molecule has 0 atom stereocenters. The zero-order valence-corrected chi connectivity index (χ0v) is 8.87. The van der Waals surface area contributed by atoms with Gasteiger partial charge in [-0.25, -0.2) is 4.98 Å². The summed E-state index contributed by atoms with van der Waals surface area (Å²) in [6.45, 7) is 2.06. The molecule has 2 rings (SSSR count). The van der Waals surface area contributed by atoms with Crippen LogP contribution in [0.5, 0.6) is 0 Å². The fourth-order valence-electron chi connectivity index (χ4n) is 1.40. The predicted molar refractivity (Wildman–Crippen MR) is 57.9 cm³/mol. The molecule has 13 heavy (non-hydrogen) atoms. The summed E-state index contributed by atoms with van der Waals surface area (Å²) in [6.07, 6.45) is 7.37. The van der Waals surface area contributed by atoms with Gasteiger partial charge in [-0.05, 0) is 34.5 Å². The number of anilines is 1. The van der Waals surface area contributed by atoms with Gasteiger partial charge in [-0.2, -0.15) is 0 Å². The maximum atomic E-state index is 4.35. The predicted octanol–water partition coefficient (Wildman–Crippen LogP) is 2.61. The fourth-order valence-corrected chi connectivity index (χ4v) is 1.64. The summed E-state index contributed by atoms with van der Waals surface area (Å²) in [6, 6.07) is 4.07. The first-order valence-corrected chi connectivity index (χ1v) is 5.17. The minimum absolute atomic E-state index is 0.981. The third-order valence-corrected chi connectivity index (χ3v) is 2.56. The quantitative estimate of drug-likeness (QED) is 0.700. The highest BCUT2D eigenvalue weighted by atomic mass is 79.9. The molecule has 0 aliphatic carbocycles. The standard InChI is InChI=1S/C10H11BrN2/c11-9-4-5-10(12-8-9)13-6-2-1-3-7-13/h1-2,4-5,8H,3,6-7H2. The molecule has 2 heterocycles. The van der Waals surface area contributed by atoms with E-state index in [1.807, 2.05) is 18.3 Å². The Kier molecular flexibility index (Phi) is 2.64. The number of hydrogen-bond acceptors (Lipinski definition) is 2. The molecule has 0 radical (unpaired) electrons. The molecule has 0 N–H and O–H groups in total. The maximum absolute atomic E-state index is 4.35. The van der Waals surface area contributed by atoms with Crippen molar-refractivity contribution in [1.29, 1.82) is 0 Å².